The Kier molecular flexibility index (Phi) is 11.1. The molecule has 0 saturated heterocycles. The summed E-state index contributed by atoms with van der Waals surface area (Å²) in [7, 11) is 0. The van der Waals surface area contributed by atoms with Gasteiger partial charge in [0.05, 0.1) is 5.69 Å². The molecule has 0 aliphatic carbocycles. The Morgan fingerprint density at radius 3 is 2.25 bits per heavy atom. The molecule has 40 heavy (non-hydrogen) atoms. The number of carbonyl (C=O) groups is 2. The number of unbranched alkanes of at least 4 members (excludes halogenated alkanes) is 4. The maximum Gasteiger partial charge on any atom is 0.347 e. The van der Waals surface area contributed by atoms with Crippen molar-refractivity contribution in [1.29, 1.82) is 0 Å². The number of carbonyl (C=O) groups excluding carboxylic acids is 1. The third-order valence-electron chi connectivity index (χ3n) is 7.17. The Hall–Kier alpha value is -3.94. The summed E-state index contributed by atoms with van der Waals surface area (Å²) in [6.45, 7) is 7.77. The van der Waals surface area contributed by atoms with Crippen molar-refractivity contribution in [2.45, 2.75) is 84.8 Å². The van der Waals surface area contributed by atoms with Crippen LogP contribution in [0, 0.1) is 0 Å². The first-order valence-corrected chi connectivity index (χ1v) is 14.2. The minimum Gasteiger partial charge on any atom is -0.478 e. The maximum atomic E-state index is 13.7. The number of ether oxygens (including phenoxy) is 1. The largest absolute Gasteiger partial charge is 0.478 e. The number of hydrogen-bond acceptors (Lipinski definition) is 5. The molecule has 0 bridgehead atoms. The highest BCUT2D eigenvalue weighted by Crippen LogP contribution is 2.26. The van der Waals surface area contributed by atoms with Gasteiger partial charge in [-0.25, -0.2) is 9.78 Å². The van der Waals surface area contributed by atoms with Crippen molar-refractivity contribution >= 4 is 17.6 Å². The number of aryl methyl sites for hydroxylation is 1. The lowest BCUT2D eigenvalue weighted by molar-refractivity contribution is -0.154. The smallest absolute Gasteiger partial charge is 0.347 e. The second kappa shape index (κ2) is 14.4. The van der Waals surface area contributed by atoms with E-state index in [2.05, 4.69) is 6.92 Å². The van der Waals surface area contributed by atoms with E-state index in [1.807, 2.05) is 37.3 Å². The molecule has 0 radical (unpaired) electrons. The molecule has 1 heterocycles. The first-order chi connectivity index (χ1) is 19.2. The van der Waals surface area contributed by atoms with E-state index < -0.39 is 11.6 Å². The van der Waals surface area contributed by atoms with Gasteiger partial charge in [-0.15, -0.1) is 0 Å². The molecule has 1 amide bonds. The third-order valence-corrected chi connectivity index (χ3v) is 7.17. The van der Waals surface area contributed by atoms with Gasteiger partial charge in [0.15, 0.2) is 0 Å². The molecule has 1 unspecified atom stereocenters. The highest BCUT2D eigenvalue weighted by molar-refractivity contribution is 5.93. The lowest BCUT2D eigenvalue weighted by Gasteiger charge is -2.26. The van der Waals surface area contributed by atoms with Crippen molar-refractivity contribution in [3.05, 3.63) is 76.8 Å². The third kappa shape index (κ3) is 7.81. The standard InChI is InChI=1S/C32H41N3O5/c1-5-8-9-10-14-21-34(25-17-19-26(20-18-25)40-32(4,7-3)31(38)39)30(37)23-35-28(6-2)33-27(22-29(35)36)24-15-12-11-13-16-24/h11-13,15-20,22H,5-10,14,21,23H2,1-4H3,(H,38,39). The average molecular weight is 548 g/mol. The first kappa shape index (κ1) is 30.6. The van der Waals surface area contributed by atoms with Gasteiger partial charge >= 0.3 is 5.97 Å². The van der Waals surface area contributed by atoms with Gasteiger partial charge in [-0.1, -0.05) is 76.8 Å². The molecular formula is C32H41N3O5. The highest BCUT2D eigenvalue weighted by Gasteiger charge is 2.33. The van der Waals surface area contributed by atoms with E-state index in [9.17, 15) is 19.5 Å². The van der Waals surface area contributed by atoms with Crippen LogP contribution in [-0.4, -0.2) is 38.7 Å². The van der Waals surface area contributed by atoms with Crippen LogP contribution in [0.25, 0.3) is 11.3 Å². The van der Waals surface area contributed by atoms with Crippen LogP contribution in [0.5, 0.6) is 5.75 Å². The van der Waals surface area contributed by atoms with E-state index in [0.29, 0.717) is 42.3 Å². The van der Waals surface area contributed by atoms with Crippen molar-refractivity contribution in [1.82, 2.24) is 9.55 Å². The molecule has 2 aromatic carbocycles. The minimum atomic E-state index is -1.34. The highest BCUT2D eigenvalue weighted by atomic mass is 16.5. The molecule has 0 aliphatic heterocycles. The average Bonchev–Trinajstić information content (AvgIpc) is 2.96. The van der Waals surface area contributed by atoms with Crippen LogP contribution in [-0.2, 0) is 22.6 Å². The SMILES string of the molecule is CCCCCCCN(C(=O)Cn1c(CC)nc(-c2ccccc2)cc1=O)c1ccc(OC(C)(CC)C(=O)O)cc1. The van der Waals surface area contributed by atoms with Crippen LogP contribution >= 0.6 is 0 Å². The number of aliphatic carboxylic acids is 1. The second-order valence-electron chi connectivity index (χ2n) is 10.1. The molecular weight excluding hydrogens is 506 g/mol. The quantitative estimate of drug-likeness (QED) is 0.230. The first-order valence-electron chi connectivity index (χ1n) is 14.2. The van der Waals surface area contributed by atoms with Crippen molar-refractivity contribution in [2.24, 2.45) is 0 Å². The minimum absolute atomic E-state index is 0.121. The fraction of sp³-hybridized carbons (Fsp3) is 0.438. The maximum absolute atomic E-state index is 13.7. The molecule has 214 valence electrons. The molecule has 8 heteroatoms. The lowest BCUT2D eigenvalue weighted by atomic mass is 10.0. The van der Waals surface area contributed by atoms with Crippen LogP contribution in [0.15, 0.2) is 65.5 Å². The fourth-order valence-electron chi connectivity index (χ4n) is 4.46. The molecule has 0 aliphatic rings. The summed E-state index contributed by atoms with van der Waals surface area (Å²) in [5.74, 6) is -0.277. The molecule has 1 N–H and O–H groups in total. The Morgan fingerprint density at radius 1 is 0.975 bits per heavy atom. The number of rotatable bonds is 15. The lowest BCUT2D eigenvalue weighted by Crippen LogP contribution is -2.40. The summed E-state index contributed by atoms with van der Waals surface area (Å²) >= 11 is 0. The van der Waals surface area contributed by atoms with Gasteiger partial charge in [-0.05, 0) is 44.0 Å². The molecule has 0 fully saturated rings. The summed E-state index contributed by atoms with van der Waals surface area (Å²) in [5.41, 5.74) is 0.507. The van der Waals surface area contributed by atoms with Gasteiger partial charge in [0, 0.05) is 30.3 Å². The fourth-order valence-corrected chi connectivity index (χ4v) is 4.46. The number of anilines is 1. The number of carboxylic acid groups (broad SMARTS) is 1. The van der Waals surface area contributed by atoms with E-state index in [1.54, 1.807) is 36.1 Å². The van der Waals surface area contributed by atoms with E-state index in [-0.39, 0.29) is 18.0 Å². The number of aromatic nitrogens is 2. The second-order valence-corrected chi connectivity index (χ2v) is 10.1. The zero-order valence-corrected chi connectivity index (χ0v) is 24.1. The van der Waals surface area contributed by atoms with Gasteiger partial charge < -0.3 is 14.7 Å². The topological polar surface area (TPSA) is 102 Å². The summed E-state index contributed by atoms with van der Waals surface area (Å²) in [5, 5.41) is 9.54. The summed E-state index contributed by atoms with van der Waals surface area (Å²) < 4.78 is 7.22. The molecule has 3 aromatic rings. The molecule has 0 saturated carbocycles. The van der Waals surface area contributed by atoms with Crippen LogP contribution in [0.1, 0.15) is 72.0 Å². The Labute approximate surface area is 236 Å². The zero-order valence-electron chi connectivity index (χ0n) is 24.1. The monoisotopic (exact) mass is 547 g/mol. The molecule has 1 aromatic heterocycles. The van der Waals surface area contributed by atoms with Crippen LogP contribution in [0.4, 0.5) is 5.69 Å². The van der Waals surface area contributed by atoms with Crippen LogP contribution in [0.3, 0.4) is 0 Å². The predicted molar refractivity (Wildman–Crippen MR) is 158 cm³/mol. The Bertz CT molecular complexity index is 1320. The number of hydrogen-bond donors (Lipinski definition) is 1. The Balaban J connectivity index is 1.86. The predicted octanol–water partition coefficient (Wildman–Crippen LogP) is 6.11. The van der Waals surface area contributed by atoms with Gasteiger partial charge in [0.25, 0.3) is 5.56 Å². The van der Waals surface area contributed by atoms with Gasteiger partial charge in [0.1, 0.15) is 18.1 Å². The van der Waals surface area contributed by atoms with Crippen molar-refractivity contribution in [3.8, 4) is 17.0 Å². The van der Waals surface area contributed by atoms with Crippen molar-refractivity contribution in [3.63, 3.8) is 0 Å². The van der Waals surface area contributed by atoms with E-state index >= 15 is 0 Å². The van der Waals surface area contributed by atoms with E-state index in [0.717, 1.165) is 37.7 Å². The zero-order chi connectivity index (χ0) is 29.1. The molecule has 1 atom stereocenters. The van der Waals surface area contributed by atoms with Crippen LogP contribution in [0.2, 0.25) is 0 Å². The number of benzene rings is 2. The van der Waals surface area contributed by atoms with E-state index in [4.69, 9.17) is 9.72 Å². The summed E-state index contributed by atoms with van der Waals surface area (Å²) in [6.07, 6.45) is 6.02. The molecule has 0 spiro atoms. The number of amides is 1. The molecule has 8 nitrogen and oxygen atoms in total. The van der Waals surface area contributed by atoms with Gasteiger partial charge in [-0.3, -0.25) is 14.2 Å². The summed E-state index contributed by atoms with van der Waals surface area (Å²) in [6, 6.07) is 17.9. The summed E-state index contributed by atoms with van der Waals surface area (Å²) in [4.78, 5) is 44.9. The van der Waals surface area contributed by atoms with Crippen molar-refractivity contribution in [2.75, 3.05) is 11.4 Å². The van der Waals surface area contributed by atoms with Crippen molar-refractivity contribution < 1.29 is 19.4 Å². The number of nitrogens with zero attached hydrogens (tertiary/aromatic N) is 3. The number of carboxylic acids is 1. The molecule has 3 rings (SSSR count). The Morgan fingerprint density at radius 2 is 1.65 bits per heavy atom. The van der Waals surface area contributed by atoms with Gasteiger partial charge in [0.2, 0.25) is 11.5 Å². The van der Waals surface area contributed by atoms with Gasteiger partial charge in [-0.2, -0.15) is 0 Å². The normalized spacial score (nSPS) is 12.5. The van der Waals surface area contributed by atoms with Crippen LogP contribution < -0.4 is 15.2 Å². The van der Waals surface area contributed by atoms with E-state index in [1.165, 1.54) is 17.6 Å².